The minimum absolute atomic E-state index is 0.134. The molecule has 0 aromatic carbocycles. The Morgan fingerprint density at radius 3 is 2.80 bits per heavy atom. The van der Waals surface area contributed by atoms with Crippen molar-refractivity contribution in [3.8, 4) is 0 Å². The molecule has 2 heterocycles. The molecule has 1 aromatic heterocycles. The van der Waals surface area contributed by atoms with E-state index in [-0.39, 0.29) is 5.91 Å². The standard InChI is InChI=1S/C14H25N5O/c1-3-19-13(12(15)10-17-19)14(20)16-9-11(2)18-7-5-4-6-8-18/h10-11H,3-9,15H2,1-2H3,(H,16,20). The number of nitrogens with one attached hydrogen (secondary N) is 1. The monoisotopic (exact) mass is 279 g/mol. The molecule has 0 saturated carbocycles. The molecule has 1 amide bonds. The smallest absolute Gasteiger partial charge is 0.271 e. The van der Waals surface area contributed by atoms with Crippen molar-refractivity contribution in [3.05, 3.63) is 11.9 Å². The fourth-order valence-corrected chi connectivity index (χ4v) is 2.70. The molecular formula is C14H25N5O. The van der Waals surface area contributed by atoms with E-state index in [4.69, 9.17) is 5.73 Å². The maximum atomic E-state index is 12.2. The summed E-state index contributed by atoms with van der Waals surface area (Å²) in [5, 5.41) is 7.07. The molecule has 112 valence electrons. The quantitative estimate of drug-likeness (QED) is 0.846. The van der Waals surface area contributed by atoms with Crippen LogP contribution in [0.3, 0.4) is 0 Å². The van der Waals surface area contributed by atoms with Crippen LogP contribution in [0.2, 0.25) is 0 Å². The summed E-state index contributed by atoms with van der Waals surface area (Å²) in [6, 6.07) is 0.360. The third kappa shape index (κ3) is 3.30. The van der Waals surface area contributed by atoms with Crippen LogP contribution >= 0.6 is 0 Å². The highest BCUT2D eigenvalue weighted by molar-refractivity contribution is 5.97. The predicted octanol–water partition coefficient (Wildman–Crippen LogP) is 1.09. The molecule has 1 aromatic rings. The third-order valence-electron chi connectivity index (χ3n) is 3.95. The first-order valence-electron chi connectivity index (χ1n) is 7.47. The third-order valence-corrected chi connectivity index (χ3v) is 3.95. The number of aryl methyl sites for hydroxylation is 1. The number of nitrogen functional groups attached to an aromatic ring is 1. The second-order valence-corrected chi connectivity index (χ2v) is 5.42. The highest BCUT2D eigenvalue weighted by Crippen LogP contribution is 2.13. The van der Waals surface area contributed by atoms with Crippen molar-refractivity contribution in [2.75, 3.05) is 25.4 Å². The van der Waals surface area contributed by atoms with Crippen LogP contribution in [0, 0.1) is 0 Å². The number of hydrogen-bond donors (Lipinski definition) is 2. The number of nitrogens with zero attached hydrogens (tertiary/aromatic N) is 3. The number of piperidine rings is 1. The lowest BCUT2D eigenvalue weighted by Gasteiger charge is -2.32. The first kappa shape index (κ1) is 14.8. The number of aromatic nitrogens is 2. The van der Waals surface area contributed by atoms with E-state index in [1.54, 1.807) is 4.68 Å². The van der Waals surface area contributed by atoms with Gasteiger partial charge in [0.25, 0.3) is 5.91 Å². The molecule has 20 heavy (non-hydrogen) atoms. The van der Waals surface area contributed by atoms with E-state index < -0.39 is 0 Å². The summed E-state index contributed by atoms with van der Waals surface area (Å²) in [5.74, 6) is -0.134. The second-order valence-electron chi connectivity index (χ2n) is 5.42. The Kier molecular flexibility index (Phi) is 5.00. The summed E-state index contributed by atoms with van der Waals surface area (Å²) in [6.07, 6.45) is 5.37. The van der Waals surface area contributed by atoms with Gasteiger partial charge in [-0.05, 0) is 39.8 Å². The van der Waals surface area contributed by atoms with Gasteiger partial charge in [0.1, 0.15) is 5.69 Å². The Labute approximate surface area is 120 Å². The largest absolute Gasteiger partial charge is 0.396 e. The summed E-state index contributed by atoms with van der Waals surface area (Å²) in [5.41, 5.74) is 6.72. The topological polar surface area (TPSA) is 76.2 Å². The summed E-state index contributed by atoms with van der Waals surface area (Å²) in [4.78, 5) is 14.7. The molecule has 3 N–H and O–H groups in total. The van der Waals surface area contributed by atoms with Crippen LogP contribution in [-0.4, -0.2) is 46.3 Å². The first-order chi connectivity index (χ1) is 9.63. The van der Waals surface area contributed by atoms with Crippen LogP contribution in [0.4, 0.5) is 5.69 Å². The van der Waals surface area contributed by atoms with E-state index in [1.165, 1.54) is 25.5 Å². The highest BCUT2D eigenvalue weighted by Gasteiger charge is 2.20. The molecule has 6 nitrogen and oxygen atoms in total. The summed E-state index contributed by atoms with van der Waals surface area (Å²) >= 11 is 0. The van der Waals surface area contributed by atoms with Crippen LogP contribution in [-0.2, 0) is 6.54 Å². The Balaban J connectivity index is 1.89. The highest BCUT2D eigenvalue weighted by atomic mass is 16.2. The van der Waals surface area contributed by atoms with E-state index in [0.29, 0.717) is 30.5 Å². The fourth-order valence-electron chi connectivity index (χ4n) is 2.70. The number of amides is 1. The maximum absolute atomic E-state index is 12.2. The number of likely N-dealkylation sites (tertiary alicyclic amines) is 1. The van der Waals surface area contributed by atoms with E-state index in [1.807, 2.05) is 6.92 Å². The molecule has 6 heteroatoms. The van der Waals surface area contributed by atoms with E-state index >= 15 is 0 Å². The zero-order chi connectivity index (χ0) is 14.5. The van der Waals surface area contributed by atoms with Crippen molar-refractivity contribution in [3.63, 3.8) is 0 Å². The lowest BCUT2D eigenvalue weighted by Crippen LogP contribution is -2.44. The SMILES string of the molecule is CCn1ncc(N)c1C(=O)NCC(C)N1CCCCC1. The average Bonchev–Trinajstić information content (AvgIpc) is 2.86. The van der Waals surface area contributed by atoms with Crippen molar-refractivity contribution in [1.82, 2.24) is 20.0 Å². The lowest BCUT2D eigenvalue weighted by atomic mass is 10.1. The second kappa shape index (κ2) is 6.74. The summed E-state index contributed by atoms with van der Waals surface area (Å²) in [7, 11) is 0. The van der Waals surface area contributed by atoms with Gasteiger partial charge in [-0.3, -0.25) is 14.4 Å². The molecule has 1 atom stereocenters. The number of anilines is 1. The Morgan fingerprint density at radius 1 is 1.45 bits per heavy atom. The molecule has 1 aliphatic heterocycles. The van der Waals surface area contributed by atoms with Gasteiger partial charge >= 0.3 is 0 Å². The van der Waals surface area contributed by atoms with E-state index in [9.17, 15) is 4.79 Å². The van der Waals surface area contributed by atoms with Crippen molar-refractivity contribution in [2.45, 2.75) is 45.7 Å². The van der Waals surface area contributed by atoms with Gasteiger partial charge in [0.15, 0.2) is 0 Å². The number of carbonyl (C=O) groups is 1. The zero-order valence-corrected chi connectivity index (χ0v) is 12.4. The normalized spacial score (nSPS) is 17.9. The molecule has 1 unspecified atom stereocenters. The van der Waals surface area contributed by atoms with Crippen molar-refractivity contribution < 1.29 is 4.79 Å². The van der Waals surface area contributed by atoms with Crippen LogP contribution in [0.1, 0.15) is 43.6 Å². The van der Waals surface area contributed by atoms with Gasteiger partial charge in [-0.15, -0.1) is 0 Å². The van der Waals surface area contributed by atoms with Gasteiger partial charge in [0, 0.05) is 19.1 Å². The van der Waals surface area contributed by atoms with Crippen LogP contribution < -0.4 is 11.1 Å². The molecule has 1 saturated heterocycles. The Bertz CT molecular complexity index is 450. The number of hydrogen-bond acceptors (Lipinski definition) is 4. The van der Waals surface area contributed by atoms with Crippen molar-refractivity contribution >= 4 is 11.6 Å². The molecule has 1 aliphatic rings. The number of rotatable bonds is 5. The first-order valence-corrected chi connectivity index (χ1v) is 7.47. The van der Waals surface area contributed by atoms with Gasteiger partial charge in [-0.2, -0.15) is 5.10 Å². The van der Waals surface area contributed by atoms with Crippen LogP contribution in [0.15, 0.2) is 6.20 Å². The van der Waals surface area contributed by atoms with Crippen molar-refractivity contribution in [2.24, 2.45) is 0 Å². The van der Waals surface area contributed by atoms with E-state index in [0.717, 1.165) is 13.1 Å². The predicted molar refractivity (Wildman–Crippen MR) is 79.5 cm³/mol. The van der Waals surface area contributed by atoms with Gasteiger partial charge in [-0.1, -0.05) is 6.42 Å². The summed E-state index contributed by atoms with van der Waals surface area (Å²) in [6.45, 7) is 7.65. The summed E-state index contributed by atoms with van der Waals surface area (Å²) < 4.78 is 1.64. The van der Waals surface area contributed by atoms with Gasteiger partial charge in [0.05, 0.1) is 11.9 Å². The zero-order valence-electron chi connectivity index (χ0n) is 12.4. The molecule has 2 rings (SSSR count). The van der Waals surface area contributed by atoms with Crippen LogP contribution in [0.25, 0.3) is 0 Å². The minimum atomic E-state index is -0.134. The van der Waals surface area contributed by atoms with Crippen LogP contribution in [0.5, 0.6) is 0 Å². The average molecular weight is 279 g/mol. The van der Waals surface area contributed by atoms with Gasteiger partial charge in [0.2, 0.25) is 0 Å². The molecule has 0 spiro atoms. The van der Waals surface area contributed by atoms with Gasteiger partial charge in [-0.25, -0.2) is 0 Å². The Hall–Kier alpha value is -1.56. The molecule has 0 bridgehead atoms. The molecular weight excluding hydrogens is 254 g/mol. The lowest BCUT2D eigenvalue weighted by molar-refractivity contribution is 0.0920. The molecule has 0 radical (unpaired) electrons. The molecule has 1 fully saturated rings. The van der Waals surface area contributed by atoms with E-state index in [2.05, 4.69) is 22.2 Å². The minimum Gasteiger partial charge on any atom is -0.396 e. The maximum Gasteiger partial charge on any atom is 0.271 e. The van der Waals surface area contributed by atoms with Gasteiger partial charge < -0.3 is 11.1 Å². The van der Waals surface area contributed by atoms with Crippen molar-refractivity contribution in [1.29, 1.82) is 0 Å². The number of nitrogens with two attached hydrogens (primary N) is 1. The Morgan fingerprint density at radius 2 is 2.15 bits per heavy atom. The molecule has 0 aliphatic carbocycles. The fraction of sp³-hybridized carbons (Fsp3) is 0.714. The number of carbonyl (C=O) groups excluding carboxylic acids is 1.